The van der Waals surface area contributed by atoms with Crippen LogP contribution in [0.25, 0.3) is 0 Å². The summed E-state index contributed by atoms with van der Waals surface area (Å²) >= 11 is 0. The van der Waals surface area contributed by atoms with Crippen LogP contribution in [0.15, 0.2) is 4.52 Å². The maximum Gasteiger partial charge on any atom is 0.227 e. The molecule has 0 bridgehead atoms. The molecule has 22 heavy (non-hydrogen) atoms. The van der Waals surface area contributed by atoms with Crippen molar-refractivity contribution >= 4 is 5.91 Å². The molecule has 0 aliphatic carbocycles. The molecule has 0 saturated carbocycles. The van der Waals surface area contributed by atoms with Gasteiger partial charge in [0, 0.05) is 19.2 Å². The SMILES string of the molecule is Cc1noc(C)c1CC(=O)N1CCOC(c2nnnn2C)C1. The summed E-state index contributed by atoms with van der Waals surface area (Å²) in [7, 11) is 1.75. The number of aryl methyl sites for hydroxylation is 3. The molecule has 0 spiro atoms. The maximum absolute atomic E-state index is 12.5. The van der Waals surface area contributed by atoms with Gasteiger partial charge in [0.2, 0.25) is 5.91 Å². The minimum absolute atomic E-state index is 0.0258. The zero-order valence-corrected chi connectivity index (χ0v) is 12.8. The Kier molecular flexibility index (Phi) is 3.88. The van der Waals surface area contributed by atoms with Gasteiger partial charge in [0.15, 0.2) is 5.82 Å². The average Bonchev–Trinajstić information content (AvgIpc) is 3.08. The van der Waals surface area contributed by atoms with E-state index in [-0.39, 0.29) is 18.4 Å². The Balaban J connectivity index is 1.69. The van der Waals surface area contributed by atoms with Gasteiger partial charge in [-0.1, -0.05) is 5.16 Å². The van der Waals surface area contributed by atoms with Crippen molar-refractivity contribution in [2.24, 2.45) is 7.05 Å². The molecule has 1 aliphatic rings. The largest absolute Gasteiger partial charge is 0.366 e. The first-order chi connectivity index (χ1) is 10.6. The molecule has 1 aliphatic heterocycles. The number of amides is 1. The van der Waals surface area contributed by atoms with E-state index in [2.05, 4.69) is 20.7 Å². The van der Waals surface area contributed by atoms with Crippen molar-refractivity contribution in [3.05, 3.63) is 22.8 Å². The highest BCUT2D eigenvalue weighted by molar-refractivity contribution is 5.79. The van der Waals surface area contributed by atoms with Crippen LogP contribution in [0.3, 0.4) is 0 Å². The van der Waals surface area contributed by atoms with E-state index in [4.69, 9.17) is 9.26 Å². The van der Waals surface area contributed by atoms with Crippen molar-refractivity contribution < 1.29 is 14.1 Å². The molecule has 1 atom stereocenters. The van der Waals surface area contributed by atoms with Gasteiger partial charge >= 0.3 is 0 Å². The summed E-state index contributed by atoms with van der Waals surface area (Å²) in [5, 5.41) is 15.2. The molecule has 1 fully saturated rings. The minimum Gasteiger partial charge on any atom is -0.366 e. The molecule has 9 nitrogen and oxygen atoms in total. The number of aromatic nitrogens is 5. The Morgan fingerprint density at radius 1 is 1.41 bits per heavy atom. The van der Waals surface area contributed by atoms with Crippen LogP contribution >= 0.6 is 0 Å². The lowest BCUT2D eigenvalue weighted by Crippen LogP contribution is -2.43. The summed E-state index contributed by atoms with van der Waals surface area (Å²) in [6.45, 7) is 5.12. The third kappa shape index (κ3) is 2.71. The lowest BCUT2D eigenvalue weighted by Gasteiger charge is -2.32. The smallest absolute Gasteiger partial charge is 0.227 e. The van der Waals surface area contributed by atoms with E-state index in [9.17, 15) is 4.79 Å². The number of hydrogen-bond donors (Lipinski definition) is 0. The molecule has 1 saturated heterocycles. The monoisotopic (exact) mass is 306 g/mol. The van der Waals surface area contributed by atoms with E-state index >= 15 is 0 Å². The second-order valence-corrected chi connectivity index (χ2v) is 5.34. The number of hydrogen-bond acceptors (Lipinski definition) is 7. The van der Waals surface area contributed by atoms with Crippen LogP contribution in [0.5, 0.6) is 0 Å². The fourth-order valence-electron chi connectivity index (χ4n) is 2.56. The number of carbonyl (C=O) groups is 1. The summed E-state index contributed by atoms with van der Waals surface area (Å²) in [5.41, 5.74) is 1.61. The van der Waals surface area contributed by atoms with Crippen LogP contribution in [-0.2, 0) is 23.0 Å². The average molecular weight is 306 g/mol. The number of carbonyl (C=O) groups excluding carboxylic acids is 1. The van der Waals surface area contributed by atoms with Crippen LogP contribution in [-0.4, -0.2) is 55.9 Å². The Labute approximate surface area is 127 Å². The topological polar surface area (TPSA) is 99.2 Å². The summed E-state index contributed by atoms with van der Waals surface area (Å²) in [6, 6.07) is 0. The molecule has 0 radical (unpaired) electrons. The molecule has 0 N–H and O–H groups in total. The molecule has 1 unspecified atom stereocenters. The Morgan fingerprint density at radius 3 is 2.86 bits per heavy atom. The van der Waals surface area contributed by atoms with Crippen LogP contribution < -0.4 is 0 Å². The number of tetrazole rings is 1. The summed E-state index contributed by atoms with van der Waals surface area (Å²) in [6.07, 6.45) is -0.0207. The van der Waals surface area contributed by atoms with Gasteiger partial charge in [-0.25, -0.2) is 4.68 Å². The summed E-state index contributed by atoms with van der Waals surface area (Å²) in [5.74, 6) is 1.33. The first-order valence-electron chi connectivity index (χ1n) is 7.09. The molecule has 118 valence electrons. The van der Waals surface area contributed by atoms with Gasteiger partial charge < -0.3 is 14.2 Å². The van der Waals surface area contributed by atoms with E-state index in [0.717, 1.165) is 11.3 Å². The first kappa shape index (κ1) is 14.6. The van der Waals surface area contributed by atoms with Crippen LogP contribution in [0.4, 0.5) is 0 Å². The van der Waals surface area contributed by atoms with E-state index in [0.29, 0.717) is 31.3 Å². The third-order valence-electron chi connectivity index (χ3n) is 3.87. The fourth-order valence-corrected chi connectivity index (χ4v) is 2.56. The molecular weight excluding hydrogens is 288 g/mol. The minimum atomic E-state index is -0.303. The van der Waals surface area contributed by atoms with Crippen molar-refractivity contribution in [3.63, 3.8) is 0 Å². The van der Waals surface area contributed by atoms with E-state index in [1.807, 2.05) is 13.8 Å². The number of ether oxygens (including phenoxy) is 1. The van der Waals surface area contributed by atoms with Crippen molar-refractivity contribution in [1.29, 1.82) is 0 Å². The van der Waals surface area contributed by atoms with Gasteiger partial charge in [-0.05, 0) is 24.3 Å². The van der Waals surface area contributed by atoms with Gasteiger partial charge in [-0.3, -0.25) is 4.79 Å². The maximum atomic E-state index is 12.5. The van der Waals surface area contributed by atoms with Crippen LogP contribution in [0.2, 0.25) is 0 Å². The fraction of sp³-hybridized carbons (Fsp3) is 0.615. The Bertz CT molecular complexity index is 660. The predicted octanol–water partition coefficient (Wildman–Crippen LogP) is -0.0425. The highest BCUT2D eigenvalue weighted by Crippen LogP contribution is 2.21. The highest BCUT2D eigenvalue weighted by atomic mass is 16.5. The molecule has 1 amide bonds. The predicted molar refractivity (Wildman–Crippen MR) is 73.8 cm³/mol. The Morgan fingerprint density at radius 2 is 2.23 bits per heavy atom. The molecule has 2 aromatic heterocycles. The van der Waals surface area contributed by atoms with Gasteiger partial charge in [0.25, 0.3) is 0 Å². The lowest BCUT2D eigenvalue weighted by molar-refractivity contribution is -0.138. The van der Waals surface area contributed by atoms with E-state index in [1.54, 1.807) is 16.6 Å². The van der Waals surface area contributed by atoms with Crippen LogP contribution in [0, 0.1) is 13.8 Å². The second-order valence-electron chi connectivity index (χ2n) is 5.34. The van der Waals surface area contributed by atoms with Crippen molar-refractivity contribution in [2.75, 3.05) is 19.7 Å². The summed E-state index contributed by atoms with van der Waals surface area (Å²) in [4.78, 5) is 14.3. The number of morpholine rings is 1. The van der Waals surface area contributed by atoms with E-state index in [1.165, 1.54) is 0 Å². The molecule has 3 heterocycles. The van der Waals surface area contributed by atoms with Crippen molar-refractivity contribution in [3.8, 4) is 0 Å². The molecular formula is C13H18N6O3. The van der Waals surface area contributed by atoms with Gasteiger partial charge in [0.05, 0.1) is 25.3 Å². The molecule has 2 aromatic rings. The van der Waals surface area contributed by atoms with Crippen LogP contribution in [0.1, 0.15) is 28.9 Å². The van der Waals surface area contributed by atoms with Gasteiger partial charge in [0.1, 0.15) is 11.9 Å². The van der Waals surface area contributed by atoms with Crippen molar-refractivity contribution in [1.82, 2.24) is 30.3 Å². The number of rotatable bonds is 3. The third-order valence-corrected chi connectivity index (χ3v) is 3.87. The summed E-state index contributed by atoms with van der Waals surface area (Å²) < 4.78 is 12.3. The Hall–Kier alpha value is -2.29. The highest BCUT2D eigenvalue weighted by Gasteiger charge is 2.29. The zero-order valence-electron chi connectivity index (χ0n) is 12.8. The molecule has 0 aromatic carbocycles. The van der Waals surface area contributed by atoms with Gasteiger partial charge in [-0.2, -0.15) is 0 Å². The molecule has 3 rings (SSSR count). The van der Waals surface area contributed by atoms with Crippen molar-refractivity contribution in [2.45, 2.75) is 26.4 Å². The normalized spacial score (nSPS) is 18.7. The molecule has 9 heteroatoms. The zero-order chi connectivity index (χ0) is 15.7. The van der Waals surface area contributed by atoms with Gasteiger partial charge in [-0.15, -0.1) is 5.10 Å². The van der Waals surface area contributed by atoms with E-state index < -0.39 is 0 Å². The second kappa shape index (κ2) is 5.84. The number of nitrogens with zero attached hydrogens (tertiary/aromatic N) is 6. The first-order valence-corrected chi connectivity index (χ1v) is 7.09. The quantitative estimate of drug-likeness (QED) is 0.784. The lowest BCUT2D eigenvalue weighted by atomic mass is 10.1. The standard InChI is InChI=1S/C13H18N6O3/c1-8-10(9(2)22-15-8)6-12(20)19-4-5-21-11(7-19)13-14-16-17-18(13)3/h11H,4-7H2,1-3H3.